The monoisotopic (exact) mass is 307 g/mol. The summed E-state index contributed by atoms with van der Waals surface area (Å²) in [5, 5.41) is 2.93. The Balaban J connectivity index is 1.97. The van der Waals surface area contributed by atoms with Crippen LogP contribution in [-0.2, 0) is 25.6 Å². The molecule has 0 spiro atoms. The fraction of sp³-hybridized carbons (Fsp3) is 0.333. The molecule has 0 unspecified atom stereocenters. The Hall–Kier alpha value is -1.95. The average Bonchev–Trinajstić information content (AvgIpc) is 2.41. The number of ether oxygens (including phenoxy) is 2. The van der Waals surface area contributed by atoms with Gasteiger partial charge in [-0.2, -0.15) is 0 Å². The first-order chi connectivity index (χ1) is 9.91. The van der Waals surface area contributed by atoms with E-state index in [2.05, 4.69) is 5.32 Å². The molecule has 0 atom stereocenters. The molecule has 0 radical (unpaired) electrons. The summed E-state index contributed by atoms with van der Waals surface area (Å²) in [6, 6.07) is 8.00. The molecule has 112 valence electrons. The molecule has 1 aromatic rings. The minimum Gasteiger partial charge on any atom is -0.419 e. The fourth-order valence-corrected chi connectivity index (χ4v) is 2.20. The Kier molecular flexibility index (Phi) is 4.57. The van der Waals surface area contributed by atoms with Crippen molar-refractivity contribution in [3.8, 4) is 0 Å². The zero-order valence-corrected chi connectivity index (χ0v) is 13.0. The molecule has 21 heavy (non-hydrogen) atoms. The zero-order valence-electron chi connectivity index (χ0n) is 12.1. The van der Waals surface area contributed by atoms with Crippen LogP contribution in [0.15, 0.2) is 40.9 Å². The summed E-state index contributed by atoms with van der Waals surface area (Å²) in [4.78, 5) is 24.6. The molecule has 1 aliphatic rings. The molecule has 1 aromatic carbocycles. The van der Waals surface area contributed by atoms with E-state index >= 15 is 0 Å². The Morgan fingerprint density at radius 1 is 1.14 bits per heavy atom. The third-order valence-electron chi connectivity index (χ3n) is 2.83. The van der Waals surface area contributed by atoms with Gasteiger partial charge in [-0.05, 0) is 24.0 Å². The van der Waals surface area contributed by atoms with E-state index in [0.717, 1.165) is 5.56 Å². The van der Waals surface area contributed by atoms with Crippen LogP contribution in [0.5, 0.6) is 0 Å². The quantitative estimate of drug-likeness (QED) is 0.398. The predicted octanol–water partition coefficient (Wildman–Crippen LogP) is 2.22. The molecule has 1 fully saturated rings. The van der Waals surface area contributed by atoms with E-state index in [4.69, 9.17) is 9.47 Å². The van der Waals surface area contributed by atoms with Crippen LogP contribution in [0.1, 0.15) is 19.4 Å². The number of hydrogen-bond acceptors (Lipinski definition) is 6. The number of nitrogens with one attached hydrogen (secondary N) is 1. The predicted molar refractivity (Wildman–Crippen MR) is 79.4 cm³/mol. The molecule has 1 saturated heterocycles. The van der Waals surface area contributed by atoms with Crippen molar-refractivity contribution in [3.05, 3.63) is 41.6 Å². The van der Waals surface area contributed by atoms with Gasteiger partial charge in [0, 0.05) is 31.5 Å². The average molecular weight is 307 g/mol. The van der Waals surface area contributed by atoms with Crippen molar-refractivity contribution in [2.24, 2.45) is 0 Å². The number of cyclic esters (lactones) is 2. The van der Waals surface area contributed by atoms with Crippen molar-refractivity contribution in [2.75, 3.05) is 6.26 Å². The fourth-order valence-electron chi connectivity index (χ4n) is 1.79. The number of thioether (sulfide) groups is 1. The SMILES string of the molecule is CSc1ccc(CNC=C2C(=O)OC(C)(C)OC2=O)cc1. The highest BCUT2D eigenvalue weighted by Crippen LogP contribution is 2.22. The van der Waals surface area contributed by atoms with Crippen molar-refractivity contribution in [3.63, 3.8) is 0 Å². The molecule has 0 aromatic heterocycles. The van der Waals surface area contributed by atoms with Gasteiger partial charge in [0.1, 0.15) is 0 Å². The van der Waals surface area contributed by atoms with E-state index in [1.54, 1.807) is 11.8 Å². The van der Waals surface area contributed by atoms with Crippen molar-refractivity contribution in [1.29, 1.82) is 0 Å². The van der Waals surface area contributed by atoms with Gasteiger partial charge in [-0.3, -0.25) is 0 Å². The minimum atomic E-state index is -1.21. The first-order valence-electron chi connectivity index (χ1n) is 6.44. The van der Waals surface area contributed by atoms with Crippen molar-refractivity contribution >= 4 is 23.7 Å². The molecule has 0 saturated carbocycles. The topological polar surface area (TPSA) is 64.6 Å². The van der Waals surface area contributed by atoms with Gasteiger partial charge in [0.05, 0.1) is 0 Å². The van der Waals surface area contributed by atoms with Crippen LogP contribution in [0.4, 0.5) is 0 Å². The summed E-state index contributed by atoms with van der Waals surface area (Å²) in [5.74, 6) is -2.57. The van der Waals surface area contributed by atoms with E-state index in [-0.39, 0.29) is 5.57 Å². The van der Waals surface area contributed by atoms with E-state index < -0.39 is 17.7 Å². The Bertz CT molecular complexity index is 556. The second-order valence-electron chi connectivity index (χ2n) is 4.97. The molecule has 1 N–H and O–H groups in total. The lowest BCUT2D eigenvalue weighted by Crippen LogP contribution is -2.42. The second-order valence-corrected chi connectivity index (χ2v) is 5.85. The largest absolute Gasteiger partial charge is 0.419 e. The summed E-state index contributed by atoms with van der Waals surface area (Å²) < 4.78 is 9.99. The van der Waals surface area contributed by atoms with Crippen LogP contribution in [-0.4, -0.2) is 24.0 Å². The number of benzene rings is 1. The first-order valence-corrected chi connectivity index (χ1v) is 7.67. The summed E-state index contributed by atoms with van der Waals surface area (Å²) in [5.41, 5.74) is 0.914. The first kappa shape index (κ1) is 15.4. The Labute approximate surface area is 127 Å². The van der Waals surface area contributed by atoms with Crippen LogP contribution in [0.3, 0.4) is 0 Å². The van der Waals surface area contributed by atoms with Gasteiger partial charge >= 0.3 is 11.9 Å². The van der Waals surface area contributed by atoms with Gasteiger partial charge in [-0.1, -0.05) is 12.1 Å². The summed E-state index contributed by atoms with van der Waals surface area (Å²) >= 11 is 1.67. The van der Waals surface area contributed by atoms with E-state index in [1.807, 2.05) is 30.5 Å². The highest BCUT2D eigenvalue weighted by molar-refractivity contribution is 7.98. The van der Waals surface area contributed by atoms with Crippen molar-refractivity contribution in [2.45, 2.75) is 31.1 Å². The van der Waals surface area contributed by atoms with Gasteiger partial charge in [0.25, 0.3) is 5.79 Å². The summed E-state index contributed by atoms with van der Waals surface area (Å²) in [6.07, 6.45) is 3.35. The van der Waals surface area contributed by atoms with Gasteiger partial charge in [-0.15, -0.1) is 11.8 Å². The van der Waals surface area contributed by atoms with Gasteiger partial charge in [0.2, 0.25) is 0 Å². The molecular formula is C15H17NO4S. The second kappa shape index (κ2) is 6.22. The molecular weight excluding hydrogens is 290 g/mol. The van der Waals surface area contributed by atoms with E-state index in [9.17, 15) is 9.59 Å². The summed E-state index contributed by atoms with van der Waals surface area (Å²) in [7, 11) is 0. The third kappa shape index (κ3) is 4.01. The third-order valence-corrected chi connectivity index (χ3v) is 3.57. The highest BCUT2D eigenvalue weighted by Gasteiger charge is 2.38. The summed E-state index contributed by atoms with van der Waals surface area (Å²) in [6.45, 7) is 3.53. The minimum absolute atomic E-state index is 0.130. The van der Waals surface area contributed by atoms with E-state index in [0.29, 0.717) is 6.54 Å². The zero-order chi connectivity index (χ0) is 15.5. The molecule has 0 bridgehead atoms. The van der Waals surface area contributed by atoms with Crippen molar-refractivity contribution in [1.82, 2.24) is 5.32 Å². The number of carbonyl (C=O) groups excluding carboxylic acids is 2. The Morgan fingerprint density at radius 3 is 2.24 bits per heavy atom. The standard InChI is InChI=1S/C15H17NO4S/c1-15(2)19-13(17)12(14(18)20-15)9-16-8-10-4-6-11(21-3)7-5-10/h4-7,9,16H,8H2,1-3H3. The van der Waals surface area contributed by atoms with E-state index in [1.165, 1.54) is 24.9 Å². The number of rotatable bonds is 4. The van der Waals surface area contributed by atoms with Crippen LogP contribution >= 0.6 is 11.8 Å². The maximum absolute atomic E-state index is 11.7. The van der Waals surface area contributed by atoms with Crippen molar-refractivity contribution < 1.29 is 19.1 Å². The molecule has 1 aliphatic heterocycles. The lowest BCUT2D eigenvalue weighted by atomic mass is 10.2. The lowest BCUT2D eigenvalue weighted by Gasteiger charge is -2.29. The number of hydrogen-bond donors (Lipinski definition) is 1. The molecule has 2 rings (SSSR count). The lowest BCUT2D eigenvalue weighted by molar-refractivity contribution is -0.222. The van der Waals surface area contributed by atoms with Crippen LogP contribution in [0, 0.1) is 0 Å². The van der Waals surface area contributed by atoms with Crippen LogP contribution in [0.2, 0.25) is 0 Å². The van der Waals surface area contributed by atoms with Gasteiger partial charge in [-0.25, -0.2) is 9.59 Å². The normalized spacial score (nSPS) is 17.0. The smallest absolute Gasteiger partial charge is 0.350 e. The maximum atomic E-state index is 11.7. The Morgan fingerprint density at radius 2 is 1.71 bits per heavy atom. The van der Waals surface area contributed by atoms with Crippen LogP contribution < -0.4 is 5.32 Å². The molecule has 1 heterocycles. The highest BCUT2D eigenvalue weighted by atomic mass is 32.2. The van der Waals surface area contributed by atoms with Gasteiger partial charge < -0.3 is 14.8 Å². The molecule has 0 amide bonds. The van der Waals surface area contributed by atoms with Crippen LogP contribution in [0.25, 0.3) is 0 Å². The molecule has 6 heteroatoms. The number of carbonyl (C=O) groups is 2. The van der Waals surface area contributed by atoms with Gasteiger partial charge in [0.15, 0.2) is 5.57 Å². The maximum Gasteiger partial charge on any atom is 0.350 e. The molecule has 0 aliphatic carbocycles. The molecule has 5 nitrogen and oxygen atoms in total. The number of esters is 2.